The van der Waals surface area contributed by atoms with Crippen LogP contribution < -0.4 is 5.32 Å². The van der Waals surface area contributed by atoms with Crippen LogP contribution in [0.15, 0.2) is 42.5 Å². The number of aryl methyl sites for hydroxylation is 2. The van der Waals surface area contributed by atoms with E-state index in [4.69, 9.17) is 0 Å². The Kier molecular flexibility index (Phi) is 5.13. The van der Waals surface area contributed by atoms with Gasteiger partial charge >= 0.3 is 6.18 Å². The van der Waals surface area contributed by atoms with Crippen LogP contribution in [-0.2, 0) is 19.0 Å². The van der Waals surface area contributed by atoms with Gasteiger partial charge < -0.3 is 5.32 Å². The zero-order chi connectivity index (χ0) is 21.5. The van der Waals surface area contributed by atoms with Crippen molar-refractivity contribution in [3.05, 3.63) is 76.1 Å². The summed E-state index contributed by atoms with van der Waals surface area (Å²) >= 11 is 0. The summed E-state index contributed by atoms with van der Waals surface area (Å²) in [6.45, 7) is 3.86. The molecule has 1 amide bonds. The Morgan fingerprint density at radius 2 is 1.73 bits per heavy atom. The van der Waals surface area contributed by atoms with Crippen molar-refractivity contribution in [1.29, 1.82) is 0 Å². The second-order valence-electron chi connectivity index (χ2n) is 7.71. The van der Waals surface area contributed by atoms with E-state index in [0.29, 0.717) is 35.3 Å². The highest BCUT2D eigenvalue weighted by Gasteiger charge is 2.39. The highest BCUT2D eigenvalue weighted by atomic mass is 19.4. The molecule has 7 heteroatoms. The van der Waals surface area contributed by atoms with Gasteiger partial charge in [-0.05, 0) is 81.0 Å². The number of hydrogen-bond donors (Lipinski definition) is 1. The van der Waals surface area contributed by atoms with E-state index in [0.717, 1.165) is 29.7 Å². The van der Waals surface area contributed by atoms with Crippen LogP contribution in [-0.4, -0.2) is 15.7 Å². The molecule has 0 aliphatic heterocycles. The second kappa shape index (κ2) is 7.63. The van der Waals surface area contributed by atoms with Crippen LogP contribution in [0.1, 0.15) is 51.3 Å². The average Bonchev–Trinajstić information content (AvgIpc) is 3.11. The Morgan fingerprint density at radius 3 is 2.43 bits per heavy atom. The van der Waals surface area contributed by atoms with E-state index in [1.54, 1.807) is 24.3 Å². The number of carbonyl (C=O) groups is 1. The molecule has 0 atom stereocenters. The minimum atomic E-state index is -4.47. The molecule has 0 unspecified atom stereocenters. The van der Waals surface area contributed by atoms with Crippen LogP contribution in [0.2, 0.25) is 0 Å². The number of nitrogens with zero attached hydrogens (tertiary/aromatic N) is 2. The Morgan fingerprint density at radius 1 is 1.03 bits per heavy atom. The lowest BCUT2D eigenvalue weighted by atomic mass is 9.95. The van der Waals surface area contributed by atoms with E-state index in [-0.39, 0.29) is 5.91 Å². The first-order valence-electron chi connectivity index (χ1n) is 9.91. The summed E-state index contributed by atoms with van der Waals surface area (Å²) in [6.07, 6.45) is -1.95. The molecule has 0 bridgehead atoms. The maximum Gasteiger partial charge on any atom is 0.435 e. The normalized spacial score (nSPS) is 13.8. The van der Waals surface area contributed by atoms with Gasteiger partial charge in [0, 0.05) is 22.5 Å². The van der Waals surface area contributed by atoms with Crippen molar-refractivity contribution in [3.63, 3.8) is 0 Å². The first-order chi connectivity index (χ1) is 14.2. The summed E-state index contributed by atoms with van der Waals surface area (Å²) in [5.74, 6) is -0.270. The lowest BCUT2D eigenvalue weighted by Gasteiger charge is -2.15. The molecule has 4 nitrogen and oxygen atoms in total. The minimum absolute atomic E-state index is 0.270. The predicted octanol–water partition coefficient (Wildman–Crippen LogP) is 5.64. The van der Waals surface area contributed by atoms with Crippen molar-refractivity contribution in [2.45, 2.75) is 45.7 Å². The van der Waals surface area contributed by atoms with Crippen LogP contribution in [0.3, 0.4) is 0 Å². The molecule has 0 radical (unpaired) electrons. The van der Waals surface area contributed by atoms with Crippen molar-refractivity contribution in [1.82, 2.24) is 9.78 Å². The van der Waals surface area contributed by atoms with Crippen LogP contribution in [0.25, 0.3) is 5.69 Å². The van der Waals surface area contributed by atoms with Crippen LogP contribution in [0, 0.1) is 13.8 Å². The van der Waals surface area contributed by atoms with E-state index < -0.39 is 11.9 Å². The summed E-state index contributed by atoms with van der Waals surface area (Å²) in [4.78, 5) is 12.6. The number of halogens is 3. The molecule has 0 saturated carbocycles. The first-order valence-corrected chi connectivity index (χ1v) is 9.91. The highest BCUT2D eigenvalue weighted by Crippen LogP contribution is 2.36. The Balaban J connectivity index is 1.62. The zero-order valence-electron chi connectivity index (χ0n) is 16.8. The molecule has 1 aromatic heterocycles. The predicted molar refractivity (Wildman–Crippen MR) is 109 cm³/mol. The molecule has 0 fully saturated rings. The molecule has 30 heavy (non-hydrogen) atoms. The van der Waals surface area contributed by atoms with Gasteiger partial charge in [0.05, 0.1) is 5.69 Å². The molecular formula is C23H22F3N3O. The van der Waals surface area contributed by atoms with Gasteiger partial charge in [0.2, 0.25) is 0 Å². The third-order valence-corrected chi connectivity index (χ3v) is 5.46. The largest absolute Gasteiger partial charge is 0.435 e. The smallest absolute Gasteiger partial charge is 0.322 e. The maximum absolute atomic E-state index is 13.4. The van der Waals surface area contributed by atoms with Crippen molar-refractivity contribution >= 4 is 11.6 Å². The number of alkyl halides is 3. The molecular weight excluding hydrogens is 391 g/mol. The van der Waals surface area contributed by atoms with Gasteiger partial charge in [-0.15, -0.1) is 0 Å². The van der Waals surface area contributed by atoms with Crippen molar-refractivity contribution in [2.75, 3.05) is 5.32 Å². The van der Waals surface area contributed by atoms with Gasteiger partial charge in [-0.2, -0.15) is 18.3 Å². The highest BCUT2D eigenvalue weighted by molar-refractivity contribution is 6.04. The number of nitrogens with one attached hydrogen (secondary N) is 1. The monoisotopic (exact) mass is 413 g/mol. The fourth-order valence-electron chi connectivity index (χ4n) is 3.86. The standard InChI is InChI=1S/C23H22F3N3O/c1-14-7-8-15(2)19(13-14)27-22(30)16-9-11-17(12-10-16)29-20-6-4-3-5-18(20)21(28-29)23(24,25)26/h7-13H,3-6H2,1-2H3,(H,27,30). The molecule has 1 aliphatic carbocycles. The summed E-state index contributed by atoms with van der Waals surface area (Å²) in [5.41, 5.74) is 3.79. The van der Waals surface area contributed by atoms with E-state index >= 15 is 0 Å². The Hall–Kier alpha value is -3.09. The SMILES string of the molecule is Cc1ccc(C)c(NC(=O)c2ccc(-n3nc(C(F)(F)F)c4c3CCCC4)cc2)c1. The molecule has 1 aliphatic rings. The Labute approximate surface area is 172 Å². The number of carbonyl (C=O) groups excluding carboxylic acids is 1. The third-order valence-electron chi connectivity index (χ3n) is 5.46. The molecule has 156 valence electrons. The summed E-state index contributed by atoms with van der Waals surface area (Å²) < 4.78 is 41.6. The molecule has 4 rings (SSSR count). The Bertz CT molecular complexity index is 1100. The summed E-state index contributed by atoms with van der Waals surface area (Å²) in [7, 11) is 0. The third kappa shape index (κ3) is 3.84. The van der Waals surface area contributed by atoms with E-state index in [2.05, 4.69) is 10.4 Å². The fraction of sp³-hybridized carbons (Fsp3) is 0.304. The van der Waals surface area contributed by atoms with Crippen LogP contribution in [0.4, 0.5) is 18.9 Å². The fourth-order valence-corrected chi connectivity index (χ4v) is 3.86. The van der Waals surface area contributed by atoms with E-state index in [9.17, 15) is 18.0 Å². The number of fused-ring (bicyclic) bond motifs is 1. The van der Waals surface area contributed by atoms with Gasteiger partial charge in [0.25, 0.3) is 5.91 Å². The van der Waals surface area contributed by atoms with Gasteiger partial charge in [-0.25, -0.2) is 4.68 Å². The molecule has 0 spiro atoms. The number of anilines is 1. The number of benzene rings is 2. The lowest BCUT2D eigenvalue weighted by Crippen LogP contribution is -2.13. The molecule has 0 saturated heterocycles. The van der Waals surface area contributed by atoms with E-state index in [1.165, 1.54) is 4.68 Å². The van der Waals surface area contributed by atoms with Gasteiger partial charge in [0.1, 0.15) is 0 Å². The first kappa shape index (κ1) is 20.2. The van der Waals surface area contributed by atoms with Gasteiger partial charge in [-0.1, -0.05) is 12.1 Å². The number of hydrogen-bond acceptors (Lipinski definition) is 2. The second-order valence-corrected chi connectivity index (χ2v) is 7.71. The zero-order valence-corrected chi connectivity index (χ0v) is 16.8. The summed E-state index contributed by atoms with van der Waals surface area (Å²) in [5, 5.41) is 6.78. The minimum Gasteiger partial charge on any atom is -0.322 e. The summed E-state index contributed by atoms with van der Waals surface area (Å²) in [6, 6.07) is 12.3. The quantitative estimate of drug-likeness (QED) is 0.604. The molecule has 1 heterocycles. The van der Waals surface area contributed by atoms with Crippen molar-refractivity contribution in [3.8, 4) is 5.69 Å². The van der Waals surface area contributed by atoms with E-state index in [1.807, 2.05) is 32.0 Å². The topological polar surface area (TPSA) is 46.9 Å². The van der Waals surface area contributed by atoms with Gasteiger partial charge in [-0.3, -0.25) is 4.79 Å². The van der Waals surface area contributed by atoms with Crippen molar-refractivity contribution in [2.24, 2.45) is 0 Å². The van der Waals surface area contributed by atoms with Crippen LogP contribution in [0.5, 0.6) is 0 Å². The molecule has 2 aromatic carbocycles. The van der Waals surface area contributed by atoms with Crippen molar-refractivity contribution < 1.29 is 18.0 Å². The van der Waals surface area contributed by atoms with Crippen LogP contribution >= 0.6 is 0 Å². The number of amides is 1. The maximum atomic E-state index is 13.4. The molecule has 3 aromatic rings. The van der Waals surface area contributed by atoms with Gasteiger partial charge in [0.15, 0.2) is 5.69 Å². The lowest BCUT2D eigenvalue weighted by molar-refractivity contribution is -0.142. The number of rotatable bonds is 3. The number of aromatic nitrogens is 2. The molecule has 1 N–H and O–H groups in total. The average molecular weight is 413 g/mol.